The van der Waals surface area contributed by atoms with Crippen LogP contribution in [0.5, 0.6) is 11.5 Å². The van der Waals surface area contributed by atoms with Gasteiger partial charge in [0, 0.05) is 0 Å². The molecule has 0 aromatic heterocycles. The summed E-state index contributed by atoms with van der Waals surface area (Å²) in [7, 11) is 0. The molecular formula is C15H22ClN3O4. The van der Waals surface area contributed by atoms with Crippen molar-refractivity contribution < 1.29 is 19.1 Å². The topological polar surface area (TPSA) is 103 Å². The van der Waals surface area contributed by atoms with Crippen LogP contribution < -0.4 is 25.8 Å². The zero-order valence-corrected chi connectivity index (χ0v) is 13.9. The van der Waals surface area contributed by atoms with Crippen molar-refractivity contribution >= 4 is 29.9 Å². The molecule has 0 saturated heterocycles. The number of carbonyl (C=O) groups excluding carboxylic acids is 2. The summed E-state index contributed by atoms with van der Waals surface area (Å²) in [6, 6.07) is 4.62. The summed E-state index contributed by atoms with van der Waals surface area (Å²) in [4.78, 5) is 23.6. The van der Waals surface area contributed by atoms with Crippen LogP contribution in [0.1, 0.15) is 13.8 Å². The molecule has 1 aromatic rings. The third-order valence-electron chi connectivity index (χ3n) is 3.28. The average molecular weight is 344 g/mol. The fourth-order valence-electron chi connectivity index (χ4n) is 1.95. The lowest BCUT2D eigenvalue weighted by Crippen LogP contribution is -2.46. The van der Waals surface area contributed by atoms with Crippen LogP contribution in [0.4, 0.5) is 5.69 Å². The summed E-state index contributed by atoms with van der Waals surface area (Å²) in [5, 5.41) is 5.21. The lowest BCUT2D eigenvalue weighted by atomic mass is 10.1. The SMILES string of the molecule is CC(C)[C@H](N)C(=O)NCC(=O)Nc1cccc2c1OCCO2.Cl. The molecule has 1 aromatic carbocycles. The number of anilines is 1. The molecule has 0 fully saturated rings. The highest BCUT2D eigenvalue weighted by Gasteiger charge is 2.19. The van der Waals surface area contributed by atoms with Gasteiger partial charge >= 0.3 is 0 Å². The molecule has 7 nitrogen and oxygen atoms in total. The number of ether oxygens (including phenoxy) is 2. The highest BCUT2D eigenvalue weighted by atomic mass is 35.5. The molecule has 8 heteroatoms. The smallest absolute Gasteiger partial charge is 0.243 e. The molecular weight excluding hydrogens is 322 g/mol. The first-order chi connectivity index (χ1) is 10.5. The second-order valence-electron chi connectivity index (χ2n) is 5.37. The Balaban J connectivity index is 0.00000264. The molecule has 0 spiro atoms. The van der Waals surface area contributed by atoms with Crippen LogP contribution in [0.2, 0.25) is 0 Å². The van der Waals surface area contributed by atoms with Gasteiger partial charge in [0.15, 0.2) is 11.5 Å². The van der Waals surface area contributed by atoms with Crippen molar-refractivity contribution in [1.29, 1.82) is 0 Å². The summed E-state index contributed by atoms with van der Waals surface area (Å²) in [5.74, 6) is 0.406. The molecule has 4 N–H and O–H groups in total. The maximum absolute atomic E-state index is 11.9. The third-order valence-corrected chi connectivity index (χ3v) is 3.28. The van der Waals surface area contributed by atoms with Crippen molar-refractivity contribution in [2.45, 2.75) is 19.9 Å². The van der Waals surface area contributed by atoms with E-state index in [1.54, 1.807) is 18.2 Å². The summed E-state index contributed by atoms with van der Waals surface area (Å²) >= 11 is 0. The van der Waals surface area contributed by atoms with E-state index >= 15 is 0 Å². The lowest BCUT2D eigenvalue weighted by molar-refractivity contribution is -0.125. The van der Waals surface area contributed by atoms with E-state index in [4.69, 9.17) is 15.2 Å². The molecule has 0 bridgehead atoms. The number of amides is 2. The van der Waals surface area contributed by atoms with Gasteiger partial charge in [-0.25, -0.2) is 0 Å². The number of fused-ring (bicyclic) bond motifs is 1. The Kier molecular flexibility index (Phi) is 7.12. The Hall–Kier alpha value is -1.99. The highest BCUT2D eigenvalue weighted by molar-refractivity contribution is 5.96. The first-order valence-corrected chi connectivity index (χ1v) is 7.21. The lowest BCUT2D eigenvalue weighted by Gasteiger charge is -2.21. The third kappa shape index (κ3) is 5.01. The highest BCUT2D eigenvalue weighted by Crippen LogP contribution is 2.37. The van der Waals surface area contributed by atoms with Crippen molar-refractivity contribution in [3.05, 3.63) is 18.2 Å². The van der Waals surface area contributed by atoms with Gasteiger partial charge in [-0.15, -0.1) is 12.4 Å². The number of carbonyl (C=O) groups is 2. The summed E-state index contributed by atoms with van der Waals surface area (Å²) in [6.07, 6.45) is 0. The average Bonchev–Trinajstić information content (AvgIpc) is 2.52. The zero-order valence-electron chi connectivity index (χ0n) is 13.1. The molecule has 0 aliphatic carbocycles. The van der Waals surface area contributed by atoms with E-state index in [1.807, 2.05) is 13.8 Å². The molecule has 0 saturated carbocycles. The maximum Gasteiger partial charge on any atom is 0.243 e. The molecule has 1 atom stereocenters. The molecule has 0 unspecified atom stereocenters. The minimum absolute atomic E-state index is 0. The van der Waals surface area contributed by atoms with Gasteiger partial charge in [-0.2, -0.15) is 0 Å². The van der Waals surface area contributed by atoms with Crippen LogP contribution in [0.3, 0.4) is 0 Å². The number of hydrogen-bond donors (Lipinski definition) is 3. The van der Waals surface area contributed by atoms with E-state index in [1.165, 1.54) is 0 Å². The van der Waals surface area contributed by atoms with E-state index in [0.29, 0.717) is 30.4 Å². The first kappa shape index (κ1) is 19.1. The van der Waals surface area contributed by atoms with E-state index in [0.717, 1.165) is 0 Å². The monoisotopic (exact) mass is 343 g/mol. The molecule has 2 rings (SSSR count). The fourth-order valence-corrected chi connectivity index (χ4v) is 1.95. The van der Waals surface area contributed by atoms with Crippen LogP contribution in [0, 0.1) is 5.92 Å². The van der Waals surface area contributed by atoms with Gasteiger partial charge in [-0.1, -0.05) is 19.9 Å². The van der Waals surface area contributed by atoms with Gasteiger partial charge in [0.2, 0.25) is 11.8 Å². The first-order valence-electron chi connectivity index (χ1n) is 7.21. The second kappa shape index (κ2) is 8.59. The molecule has 23 heavy (non-hydrogen) atoms. The molecule has 128 valence electrons. The number of rotatable bonds is 5. The van der Waals surface area contributed by atoms with Gasteiger partial charge in [-0.3, -0.25) is 9.59 Å². The van der Waals surface area contributed by atoms with Crippen LogP contribution in [-0.2, 0) is 9.59 Å². The summed E-state index contributed by atoms with van der Waals surface area (Å²) < 4.78 is 10.9. The quantitative estimate of drug-likeness (QED) is 0.737. The molecule has 2 amide bonds. The van der Waals surface area contributed by atoms with Crippen molar-refractivity contribution in [3.8, 4) is 11.5 Å². The van der Waals surface area contributed by atoms with Crippen LogP contribution in [0.15, 0.2) is 18.2 Å². The largest absolute Gasteiger partial charge is 0.486 e. The van der Waals surface area contributed by atoms with E-state index in [9.17, 15) is 9.59 Å². The van der Waals surface area contributed by atoms with E-state index < -0.39 is 6.04 Å². The molecule has 1 aliphatic rings. The van der Waals surface area contributed by atoms with E-state index in [2.05, 4.69) is 10.6 Å². The number of benzene rings is 1. The van der Waals surface area contributed by atoms with Gasteiger partial charge in [0.05, 0.1) is 18.3 Å². The molecule has 1 heterocycles. The van der Waals surface area contributed by atoms with Crippen molar-refractivity contribution in [3.63, 3.8) is 0 Å². The zero-order chi connectivity index (χ0) is 16.1. The molecule has 1 aliphatic heterocycles. The summed E-state index contributed by atoms with van der Waals surface area (Å²) in [6.45, 7) is 4.45. The number of nitrogens with one attached hydrogen (secondary N) is 2. The van der Waals surface area contributed by atoms with Gasteiger partial charge in [0.1, 0.15) is 13.2 Å². The predicted octanol–water partition coefficient (Wildman–Crippen LogP) is 0.918. The Morgan fingerprint density at radius 3 is 2.65 bits per heavy atom. The Morgan fingerprint density at radius 2 is 1.96 bits per heavy atom. The van der Waals surface area contributed by atoms with Crippen LogP contribution in [0.25, 0.3) is 0 Å². The predicted molar refractivity (Wildman–Crippen MR) is 89.1 cm³/mol. The van der Waals surface area contributed by atoms with Gasteiger partial charge in [-0.05, 0) is 18.1 Å². The summed E-state index contributed by atoms with van der Waals surface area (Å²) in [5.41, 5.74) is 6.23. The minimum atomic E-state index is -0.631. The fraction of sp³-hybridized carbons (Fsp3) is 0.467. The van der Waals surface area contributed by atoms with E-state index in [-0.39, 0.29) is 36.7 Å². The van der Waals surface area contributed by atoms with Gasteiger partial charge in [0.25, 0.3) is 0 Å². The Morgan fingerprint density at radius 1 is 1.26 bits per heavy atom. The van der Waals surface area contributed by atoms with Crippen molar-refractivity contribution in [1.82, 2.24) is 5.32 Å². The van der Waals surface area contributed by atoms with Gasteiger partial charge < -0.3 is 25.8 Å². The standard InChI is InChI=1S/C15H21N3O4.ClH/c1-9(2)13(16)15(20)17-8-12(19)18-10-4-3-5-11-14(10)22-7-6-21-11;/h3-5,9,13H,6-8,16H2,1-2H3,(H,17,20)(H,18,19);1H/t13-;/m0./s1. The normalized spacial score (nSPS) is 13.7. The Labute approximate surface area is 141 Å². The Bertz CT molecular complexity index is 566. The maximum atomic E-state index is 11.9. The number of halogens is 1. The number of hydrogen-bond acceptors (Lipinski definition) is 5. The van der Waals surface area contributed by atoms with Crippen LogP contribution in [-0.4, -0.2) is 37.6 Å². The van der Waals surface area contributed by atoms with Crippen molar-refractivity contribution in [2.75, 3.05) is 25.1 Å². The molecule has 0 radical (unpaired) electrons. The number of nitrogens with two attached hydrogens (primary N) is 1. The van der Waals surface area contributed by atoms with Crippen molar-refractivity contribution in [2.24, 2.45) is 11.7 Å². The minimum Gasteiger partial charge on any atom is -0.486 e. The second-order valence-corrected chi connectivity index (χ2v) is 5.37. The number of para-hydroxylation sites is 1. The van der Waals surface area contributed by atoms with Crippen LogP contribution >= 0.6 is 12.4 Å².